The summed E-state index contributed by atoms with van der Waals surface area (Å²) in [5.41, 5.74) is 1.43. The van der Waals surface area contributed by atoms with E-state index in [0.717, 1.165) is 0 Å². The fraction of sp³-hybridized carbons (Fsp3) is 0.111. The molecular weight excluding hydrogens is 338 g/mol. The maximum absolute atomic E-state index is 12.8. The summed E-state index contributed by atoms with van der Waals surface area (Å²) < 4.78 is 28.4. The Balaban J connectivity index is 1.95. The second-order valence-electron chi connectivity index (χ2n) is 5.57. The lowest BCUT2D eigenvalue weighted by molar-refractivity contribution is -0.119. The summed E-state index contributed by atoms with van der Waals surface area (Å²) in [5.74, 6) is -1.34. The molecule has 1 amide bonds. The number of benzene rings is 2. The molecule has 0 bridgehead atoms. The second kappa shape index (κ2) is 6.90. The minimum Gasteiger partial charge on any atom is -0.274 e. The van der Waals surface area contributed by atoms with E-state index in [-0.39, 0.29) is 4.90 Å². The first-order chi connectivity index (χ1) is 12.0. The maximum atomic E-state index is 12.8. The molecule has 25 heavy (non-hydrogen) atoms. The van der Waals surface area contributed by atoms with E-state index in [0.29, 0.717) is 11.1 Å². The highest BCUT2D eigenvalue weighted by Gasteiger charge is 2.27. The molecule has 0 aliphatic carbocycles. The Morgan fingerprint density at radius 1 is 1.00 bits per heavy atom. The molecular formula is C18H17N3O3S. The molecule has 0 fully saturated rings. The Labute approximate surface area is 146 Å². The lowest BCUT2D eigenvalue weighted by atomic mass is 9.91. The van der Waals surface area contributed by atoms with Gasteiger partial charge in [0.2, 0.25) is 5.91 Å². The average Bonchev–Trinajstić information content (AvgIpc) is 3.04. The van der Waals surface area contributed by atoms with Gasteiger partial charge in [-0.1, -0.05) is 60.7 Å². The second-order valence-corrected chi connectivity index (χ2v) is 7.26. The zero-order valence-corrected chi connectivity index (χ0v) is 14.3. The molecule has 1 heterocycles. The fourth-order valence-electron chi connectivity index (χ4n) is 2.57. The number of amides is 1. The minimum atomic E-state index is -3.98. The zero-order chi connectivity index (χ0) is 17.9. The predicted octanol–water partition coefficient (Wildman–Crippen LogP) is 2.06. The summed E-state index contributed by atoms with van der Waals surface area (Å²) in [6.07, 6.45) is 2.55. The molecule has 2 aromatic carbocycles. The molecule has 0 saturated carbocycles. The summed E-state index contributed by atoms with van der Waals surface area (Å²) >= 11 is 0. The first-order valence-electron chi connectivity index (χ1n) is 7.62. The smallest absolute Gasteiger partial charge is 0.267 e. The van der Waals surface area contributed by atoms with Gasteiger partial charge in [-0.3, -0.25) is 9.48 Å². The summed E-state index contributed by atoms with van der Waals surface area (Å²) in [7, 11) is -2.37. The van der Waals surface area contributed by atoms with Gasteiger partial charge in [0, 0.05) is 13.2 Å². The Kier molecular flexibility index (Phi) is 4.67. The molecule has 3 rings (SSSR count). The summed E-state index contributed by atoms with van der Waals surface area (Å²) in [6.45, 7) is 0. The normalized spacial score (nSPS) is 11.4. The minimum absolute atomic E-state index is 0.0526. The standard InChI is InChI=1S/C18H17N3O3S/c1-21-13-16(12-19-21)25(23,24)20-18(22)17(14-8-4-2-5-9-14)15-10-6-3-7-11-15/h2-13,17H,1H3,(H,20,22). The third-order valence-electron chi connectivity index (χ3n) is 3.75. The molecule has 0 unspecified atom stereocenters. The number of nitrogens with zero attached hydrogens (tertiary/aromatic N) is 2. The van der Waals surface area contributed by atoms with E-state index in [9.17, 15) is 13.2 Å². The van der Waals surface area contributed by atoms with E-state index >= 15 is 0 Å². The maximum Gasteiger partial charge on any atom is 0.267 e. The van der Waals surface area contributed by atoms with Crippen LogP contribution in [0.2, 0.25) is 0 Å². The van der Waals surface area contributed by atoms with E-state index in [2.05, 4.69) is 9.82 Å². The van der Waals surface area contributed by atoms with E-state index in [1.165, 1.54) is 17.1 Å². The SMILES string of the molecule is Cn1cc(S(=O)(=O)NC(=O)C(c2ccccc2)c2ccccc2)cn1. The lowest BCUT2D eigenvalue weighted by Crippen LogP contribution is -2.35. The Morgan fingerprint density at radius 3 is 1.96 bits per heavy atom. The third-order valence-corrected chi connectivity index (χ3v) is 5.06. The van der Waals surface area contributed by atoms with E-state index in [4.69, 9.17) is 0 Å². The van der Waals surface area contributed by atoms with Crippen LogP contribution in [0.4, 0.5) is 0 Å². The number of hydrogen-bond acceptors (Lipinski definition) is 4. The molecule has 0 aliphatic heterocycles. The van der Waals surface area contributed by atoms with Crippen LogP contribution in [0.15, 0.2) is 78.0 Å². The van der Waals surface area contributed by atoms with Gasteiger partial charge in [-0.2, -0.15) is 5.10 Å². The highest BCUT2D eigenvalue weighted by atomic mass is 32.2. The van der Waals surface area contributed by atoms with Crippen LogP contribution in [-0.2, 0) is 21.9 Å². The van der Waals surface area contributed by atoms with Gasteiger partial charge >= 0.3 is 0 Å². The van der Waals surface area contributed by atoms with Crippen molar-refractivity contribution in [1.82, 2.24) is 14.5 Å². The van der Waals surface area contributed by atoms with Gasteiger partial charge in [0.05, 0.1) is 12.1 Å². The Hall–Kier alpha value is -2.93. The van der Waals surface area contributed by atoms with Crippen molar-refractivity contribution >= 4 is 15.9 Å². The first kappa shape index (κ1) is 16.9. The van der Waals surface area contributed by atoms with Crippen LogP contribution >= 0.6 is 0 Å². The number of hydrogen-bond donors (Lipinski definition) is 1. The largest absolute Gasteiger partial charge is 0.274 e. The van der Waals surface area contributed by atoms with E-state index < -0.39 is 21.8 Å². The van der Waals surface area contributed by atoms with Crippen molar-refractivity contribution in [2.45, 2.75) is 10.8 Å². The van der Waals surface area contributed by atoms with Crippen molar-refractivity contribution in [2.24, 2.45) is 7.05 Å². The van der Waals surface area contributed by atoms with Crippen molar-refractivity contribution in [3.63, 3.8) is 0 Å². The monoisotopic (exact) mass is 355 g/mol. The van der Waals surface area contributed by atoms with Crippen LogP contribution in [-0.4, -0.2) is 24.1 Å². The molecule has 1 N–H and O–H groups in total. The molecule has 0 atom stereocenters. The topological polar surface area (TPSA) is 81.1 Å². The predicted molar refractivity (Wildman–Crippen MR) is 93.3 cm³/mol. The molecule has 0 saturated heterocycles. The molecule has 0 aliphatic rings. The third kappa shape index (κ3) is 3.77. The molecule has 0 radical (unpaired) electrons. The van der Waals surface area contributed by atoms with Crippen LogP contribution < -0.4 is 4.72 Å². The van der Waals surface area contributed by atoms with Gasteiger partial charge in [-0.05, 0) is 11.1 Å². The van der Waals surface area contributed by atoms with Gasteiger partial charge in [-0.15, -0.1) is 0 Å². The molecule has 1 aromatic heterocycles. The summed E-state index contributed by atoms with van der Waals surface area (Å²) in [5, 5.41) is 3.84. The van der Waals surface area contributed by atoms with Gasteiger partial charge in [0.1, 0.15) is 4.90 Å². The van der Waals surface area contributed by atoms with E-state index in [1.54, 1.807) is 31.3 Å². The van der Waals surface area contributed by atoms with Crippen molar-refractivity contribution in [3.8, 4) is 0 Å². The number of nitrogens with one attached hydrogen (secondary N) is 1. The van der Waals surface area contributed by atoms with Crippen LogP contribution in [0.5, 0.6) is 0 Å². The highest BCUT2D eigenvalue weighted by Crippen LogP contribution is 2.25. The van der Waals surface area contributed by atoms with Crippen LogP contribution in [0.3, 0.4) is 0 Å². The van der Waals surface area contributed by atoms with Gasteiger partial charge in [0.15, 0.2) is 0 Å². The highest BCUT2D eigenvalue weighted by molar-refractivity contribution is 7.90. The number of carbonyl (C=O) groups is 1. The Bertz CT molecular complexity index is 928. The van der Waals surface area contributed by atoms with E-state index in [1.807, 2.05) is 36.4 Å². The molecule has 0 spiro atoms. The van der Waals surface area contributed by atoms with Crippen molar-refractivity contribution in [2.75, 3.05) is 0 Å². The molecule has 128 valence electrons. The number of rotatable bonds is 5. The van der Waals surface area contributed by atoms with Gasteiger partial charge < -0.3 is 0 Å². The lowest BCUT2D eigenvalue weighted by Gasteiger charge is -2.17. The number of aromatic nitrogens is 2. The first-order valence-corrected chi connectivity index (χ1v) is 9.11. The zero-order valence-electron chi connectivity index (χ0n) is 13.5. The molecule has 7 heteroatoms. The number of carbonyl (C=O) groups excluding carboxylic acids is 1. The van der Waals surface area contributed by atoms with Crippen molar-refractivity contribution in [3.05, 3.63) is 84.2 Å². The number of aryl methyl sites for hydroxylation is 1. The summed E-state index contributed by atoms with van der Waals surface area (Å²) in [6, 6.07) is 18.1. The quantitative estimate of drug-likeness (QED) is 0.760. The molecule has 6 nitrogen and oxygen atoms in total. The number of sulfonamides is 1. The van der Waals surface area contributed by atoms with Gasteiger partial charge in [-0.25, -0.2) is 13.1 Å². The van der Waals surface area contributed by atoms with Crippen LogP contribution in [0, 0.1) is 0 Å². The van der Waals surface area contributed by atoms with Crippen molar-refractivity contribution in [1.29, 1.82) is 0 Å². The summed E-state index contributed by atoms with van der Waals surface area (Å²) in [4.78, 5) is 12.8. The van der Waals surface area contributed by atoms with Gasteiger partial charge in [0.25, 0.3) is 10.0 Å². The molecule has 3 aromatic rings. The van der Waals surface area contributed by atoms with Crippen molar-refractivity contribution < 1.29 is 13.2 Å². The average molecular weight is 355 g/mol. The van der Waals surface area contributed by atoms with Crippen LogP contribution in [0.1, 0.15) is 17.0 Å². The fourth-order valence-corrected chi connectivity index (χ4v) is 3.55. The Morgan fingerprint density at radius 2 is 1.52 bits per heavy atom. The van der Waals surface area contributed by atoms with Crippen LogP contribution in [0.25, 0.3) is 0 Å².